The molecule has 1 aromatic carbocycles. The van der Waals surface area contributed by atoms with E-state index in [4.69, 9.17) is 0 Å². The summed E-state index contributed by atoms with van der Waals surface area (Å²) in [6.45, 7) is 0. The number of para-hydroxylation sites is 1. The number of aromatic nitrogens is 2. The molecule has 0 radical (unpaired) electrons. The number of hydrogen-bond donors (Lipinski definition) is 1. The second kappa shape index (κ2) is 5.09. The van der Waals surface area contributed by atoms with Crippen molar-refractivity contribution in [3.8, 4) is 0 Å². The molecule has 2 fully saturated rings. The third-order valence-electron chi connectivity index (χ3n) is 5.14. The number of rotatable bonds is 1. The van der Waals surface area contributed by atoms with Gasteiger partial charge in [0.2, 0.25) is 0 Å². The van der Waals surface area contributed by atoms with Crippen molar-refractivity contribution in [2.75, 3.05) is 0 Å². The predicted octanol–water partition coefficient (Wildman–Crippen LogP) is 2.09. The fourth-order valence-corrected chi connectivity index (χ4v) is 4.18. The van der Waals surface area contributed by atoms with Crippen molar-refractivity contribution >= 4 is 16.8 Å². The van der Waals surface area contributed by atoms with E-state index < -0.39 is 0 Å². The summed E-state index contributed by atoms with van der Waals surface area (Å²) in [6.07, 6.45) is 4.27. The molecule has 0 saturated carbocycles. The van der Waals surface area contributed by atoms with Gasteiger partial charge in [-0.1, -0.05) is 18.2 Å². The standard InChI is InChI=1S/C17H21N3O2/c1-19-15-8-3-2-7-14(15)16(18-19)17(22)20-11-5-4-6-12(20)10-13(21)9-11/h2-3,7-8,11-13,21H,4-6,9-10H2,1H3/t11-,12+,13?. The van der Waals surface area contributed by atoms with Gasteiger partial charge in [-0.25, -0.2) is 0 Å². The van der Waals surface area contributed by atoms with Crippen LogP contribution < -0.4 is 0 Å². The van der Waals surface area contributed by atoms with Crippen LogP contribution >= 0.6 is 0 Å². The van der Waals surface area contributed by atoms with Crippen molar-refractivity contribution in [3.63, 3.8) is 0 Å². The third kappa shape index (κ3) is 2.03. The summed E-state index contributed by atoms with van der Waals surface area (Å²) < 4.78 is 1.77. The lowest BCUT2D eigenvalue weighted by Gasteiger charge is -2.47. The zero-order valence-electron chi connectivity index (χ0n) is 12.8. The Morgan fingerprint density at radius 3 is 2.64 bits per heavy atom. The minimum atomic E-state index is -0.264. The Bertz CT molecular complexity index is 710. The lowest BCUT2D eigenvalue weighted by molar-refractivity contribution is -0.0153. The molecule has 1 aromatic heterocycles. The number of hydrogen-bond acceptors (Lipinski definition) is 3. The first kappa shape index (κ1) is 13.8. The Morgan fingerprint density at radius 2 is 1.91 bits per heavy atom. The van der Waals surface area contributed by atoms with Crippen LogP contribution in [0.2, 0.25) is 0 Å². The first-order chi connectivity index (χ1) is 10.6. The Hall–Kier alpha value is -1.88. The lowest BCUT2D eigenvalue weighted by atomic mass is 9.82. The Balaban J connectivity index is 1.74. The maximum Gasteiger partial charge on any atom is 0.275 e. The molecular formula is C17H21N3O2. The maximum atomic E-state index is 13.1. The van der Waals surface area contributed by atoms with Gasteiger partial charge in [0.1, 0.15) is 0 Å². The molecule has 5 heteroatoms. The van der Waals surface area contributed by atoms with Gasteiger partial charge in [0, 0.05) is 24.5 Å². The normalized spacial score (nSPS) is 28.1. The highest BCUT2D eigenvalue weighted by atomic mass is 16.3. The van der Waals surface area contributed by atoms with Gasteiger partial charge in [-0.3, -0.25) is 9.48 Å². The number of carbonyl (C=O) groups is 1. The fraction of sp³-hybridized carbons (Fsp3) is 0.529. The number of aliphatic hydroxyl groups is 1. The largest absolute Gasteiger partial charge is 0.393 e. The highest BCUT2D eigenvalue weighted by Gasteiger charge is 2.41. The number of nitrogens with zero attached hydrogens (tertiary/aromatic N) is 3. The zero-order chi connectivity index (χ0) is 15.3. The molecule has 0 aliphatic carbocycles. The van der Waals surface area contributed by atoms with E-state index in [1.807, 2.05) is 36.2 Å². The molecule has 4 rings (SSSR count). The smallest absolute Gasteiger partial charge is 0.275 e. The second-order valence-electron chi connectivity index (χ2n) is 6.57. The van der Waals surface area contributed by atoms with Crippen molar-refractivity contribution in [1.29, 1.82) is 0 Å². The number of aryl methyl sites for hydroxylation is 1. The summed E-state index contributed by atoms with van der Waals surface area (Å²) in [5, 5.41) is 15.4. The molecule has 2 aromatic rings. The molecular weight excluding hydrogens is 278 g/mol. The minimum absolute atomic E-state index is 0.0263. The van der Waals surface area contributed by atoms with Crippen LogP contribution in [-0.4, -0.2) is 43.9 Å². The van der Waals surface area contributed by atoms with Crippen molar-refractivity contribution in [2.45, 2.75) is 50.3 Å². The molecule has 116 valence electrons. The van der Waals surface area contributed by atoms with Crippen molar-refractivity contribution in [2.24, 2.45) is 7.05 Å². The summed E-state index contributed by atoms with van der Waals surface area (Å²) in [5.74, 6) is 0.0263. The first-order valence-electron chi connectivity index (χ1n) is 8.07. The Kier molecular flexibility index (Phi) is 3.18. The molecule has 0 spiro atoms. The van der Waals surface area contributed by atoms with Crippen LogP contribution in [0.1, 0.15) is 42.6 Å². The van der Waals surface area contributed by atoms with Crippen molar-refractivity contribution < 1.29 is 9.90 Å². The molecule has 3 atom stereocenters. The zero-order valence-corrected chi connectivity index (χ0v) is 12.8. The number of fused-ring (bicyclic) bond motifs is 3. The SMILES string of the molecule is Cn1nc(C(=O)N2[C@@H]3CCC[C@H]2CC(O)C3)c2ccccc21. The van der Waals surface area contributed by atoms with E-state index in [9.17, 15) is 9.90 Å². The molecule has 3 heterocycles. The molecule has 2 aliphatic rings. The fourth-order valence-electron chi connectivity index (χ4n) is 4.18. The average Bonchev–Trinajstić information content (AvgIpc) is 2.83. The lowest BCUT2D eigenvalue weighted by Crippen LogP contribution is -2.56. The molecule has 2 saturated heterocycles. The first-order valence-corrected chi connectivity index (χ1v) is 8.07. The van der Waals surface area contributed by atoms with Gasteiger partial charge in [0.25, 0.3) is 5.91 Å². The number of benzene rings is 1. The molecule has 1 amide bonds. The molecule has 2 aliphatic heterocycles. The van der Waals surface area contributed by atoms with E-state index in [1.165, 1.54) is 0 Å². The quantitative estimate of drug-likeness (QED) is 0.877. The Labute approximate surface area is 129 Å². The highest BCUT2D eigenvalue weighted by Crippen LogP contribution is 2.35. The summed E-state index contributed by atoms with van der Waals surface area (Å²) in [7, 11) is 1.87. The van der Waals surface area contributed by atoms with Crippen LogP contribution in [0.3, 0.4) is 0 Å². The molecule has 2 bridgehead atoms. The summed E-state index contributed by atoms with van der Waals surface area (Å²) in [6, 6.07) is 8.18. The van der Waals surface area contributed by atoms with E-state index in [2.05, 4.69) is 5.10 Å². The summed E-state index contributed by atoms with van der Waals surface area (Å²) in [4.78, 5) is 15.1. The monoisotopic (exact) mass is 299 g/mol. The van der Waals surface area contributed by atoms with Gasteiger partial charge in [-0.05, 0) is 38.2 Å². The van der Waals surface area contributed by atoms with Crippen LogP contribution in [0.25, 0.3) is 10.9 Å². The van der Waals surface area contributed by atoms with Crippen LogP contribution in [0.5, 0.6) is 0 Å². The molecule has 22 heavy (non-hydrogen) atoms. The van der Waals surface area contributed by atoms with E-state index >= 15 is 0 Å². The number of piperidine rings is 2. The maximum absolute atomic E-state index is 13.1. The van der Waals surface area contributed by atoms with Crippen molar-refractivity contribution in [3.05, 3.63) is 30.0 Å². The summed E-state index contributed by atoms with van der Waals surface area (Å²) in [5.41, 5.74) is 1.53. The van der Waals surface area contributed by atoms with Crippen LogP contribution in [0.15, 0.2) is 24.3 Å². The Morgan fingerprint density at radius 1 is 1.23 bits per heavy atom. The third-order valence-corrected chi connectivity index (χ3v) is 5.14. The minimum Gasteiger partial charge on any atom is -0.393 e. The van der Waals surface area contributed by atoms with E-state index in [0.717, 1.165) is 30.2 Å². The van der Waals surface area contributed by atoms with Gasteiger partial charge in [0.15, 0.2) is 5.69 Å². The molecule has 1 N–H and O–H groups in total. The van der Waals surface area contributed by atoms with Crippen LogP contribution in [-0.2, 0) is 7.05 Å². The van der Waals surface area contributed by atoms with Gasteiger partial charge >= 0.3 is 0 Å². The van der Waals surface area contributed by atoms with Crippen molar-refractivity contribution in [1.82, 2.24) is 14.7 Å². The number of amides is 1. The molecule has 1 unspecified atom stereocenters. The van der Waals surface area contributed by atoms with Gasteiger partial charge in [-0.2, -0.15) is 5.10 Å². The number of aliphatic hydroxyl groups excluding tert-OH is 1. The van der Waals surface area contributed by atoms with E-state index in [0.29, 0.717) is 18.5 Å². The van der Waals surface area contributed by atoms with Gasteiger partial charge < -0.3 is 10.0 Å². The predicted molar refractivity (Wildman–Crippen MR) is 83.6 cm³/mol. The van der Waals surface area contributed by atoms with E-state index in [-0.39, 0.29) is 24.1 Å². The number of carbonyl (C=O) groups excluding carboxylic acids is 1. The second-order valence-corrected chi connectivity index (χ2v) is 6.57. The van der Waals surface area contributed by atoms with Crippen LogP contribution in [0, 0.1) is 0 Å². The van der Waals surface area contributed by atoms with E-state index in [1.54, 1.807) is 4.68 Å². The van der Waals surface area contributed by atoms with Crippen LogP contribution in [0.4, 0.5) is 0 Å². The topological polar surface area (TPSA) is 58.4 Å². The van der Waals surface area contributed by atoms with Gasteiger partial charge in [-0.15, -0.1) is 0 Å². The average molecular weight is 299 g/mol. The van der Waals surface area contributed by atoms with Gasteiger partial charge in [0.05, 0.1) is 11.6 Å². The summed E-state index contributed by atoms with van der Waals surface area (Å²) >= 11 is 0. The molecule has 5 nitrogen and oxygen atoms in total. The highest BCUT2D eigenvalue weighted by molar-refractivity contribution is 6.05.